The maximum atomic E-state index is 11.8. The minimum atomic E-state index is -2.99. The van der Waals surface area contributed by atoms with Crippen molar-refractivity contribution in [1.29, 1.82) is 0 Å². The summed E-state index contributed by atoms with van der Waals surface area (Å²) in [5.41, 5.74) is 3.72. The first-order valence-corrected chi connectivity index (χ1v) is 8.91. The van der Waals surface area contributed by atoms with Crippen LogP contribution in [-0.2, 0) is 16.3 Å². The Morgan fingerprint density at radius 3 is 2.35 bits per heavy atom. The lowest BCUT2D eigenvalue weighted by atomic mass is 9.88. The number of fused-ring (bicyclic) bond motifs is 1. The van der Waals surface area contributed by atoms with Crippen LogP contribution in [0.4, 0.5) is 0 Å². The Labute approximate surface area is 120 Å². The van der Waals surface area contributed by atoms with Crippen LogP contribution in [0.2, 0.25) is 0 Å². The van der Waals surface area contributed by atoms with E-state index in [1.165, 1.54) is 22.9 Å². The van der Waals surface area contributed by atoms with Gasteiger partial charge in [0, 0.05) is 12.2 Å². The first kappa shape index (κ1) is 13.4. The van der Waals surface area contributed by atoms with Gasteiger partial charge in [0.25, 0.3) is 0 Å². The predicted molar refractivity (Wildman–Crippen MR) is 81.8 cm³/mol. The van der Waals surface area contributed by atoms with E-state index in [9.17, 15) is 8.42 Å². The van der Waals surface area contributed by atoms with Crippen LogP contribution in [0.15, 0.2) is 54.6 Å². The fourth-order valence-corrected chi connectivity index (χ4v) is 4.32. The summed E-state index contributed by atoms with van der Waals surface area (Å²) < 4.78 is 23.5. The molecule has 3 heteroatoms. The molecule has 2 unspecified atom stereocenters. The highest BCUT2D eigenvalue weighted by atomic mass is 32.2. The molecule has 0 aromatic heterocycles. The van der Waals surface area contributed by atoms with Crippen molar-refractivity contribution in [1.82, 2.24) is 0 Å². The van der Waals surface area contributed by atoms with Gasteiger partial charge in [-0.1, -0.05) is 54.6 Å². The summed E-state index contributed by atoms with van der Waals surface area (Å²) in [6, 6.07) is 18.5. The maximum absolute atomic E-state index is 11.8. The van der Waals surface area contributed by atoms with Gasteiger partial charge in [0.15, 0.2) is 0 Å². The van der Waals surface area contributed by atoms with Gasteiger partial charge in [-0.25, -0.2) is 8.42 Å². The molecule has 1 aliphatic rings. The Kier molecular flexibility index (Phi) is 3.38. The van der Waals surface area contributed by atoms with Crippen molar-refractivity contribution in [3.05, 3.63) is 71.3 Å². The van der Waals surface area contributed by atoms with Crippen LogP contribution >= 0.6 is 0 Å². The van der Waals surface area contributed by atoms with Crippen LogP contribution in [-0.4, -0.2) is 20.4 Å². The fourth-order valence-electron chi connectivity index (χ4n) is 3.26. The molecular weight excluding hydrogens is 268 g/mol. The zero-order chi connectivity index (χ0) is 14.2. The van der Waals surface area contributed by atoms with Gasteiger partial charge >= 0.3 is 0 Å². The van der Waals surface area contributed by atoms with E-state index in [-0.39, 0.29) is 17.6 Å². The quantitative estimate of drug-likeness (QED) is 0.868. The van der Waals surface area contributed by atoms with Crippen LogP contribution in [0, 0.1) is 0 Å². The molecule has 0 saturated carbocycles. The lowest BCUT2D eigenvalue weighted by Gasteiger charge is -2.20. The summed E-state index contributed by atoms with van der Waals surface area (Å²) in [5, 5.41) is 0. The van der Waals surface area contributed by atoms with Crippen molar-refractivity contribution in [2.75, 3.05) is 12.0 Å². The third-order valence-corrected chi connectivity index (χ3v) is 5.05. The van der Waals surface area contributed by atoms with Crippen molar-refractivity contribution in [2.24, 2.45) is 0 Å². The lowest BCUT2D eigenvalue weighted by molar-refractivity contribution is 0.575. The smallest absolute Gasteiger partial charge is 0.148 e. The van der Waals surface area contributed by atoms with Gasteiger partial charge in [0.05, 0.1) is 5.75 Å². The summed E-state index contributed by atoms with van der Waals surface area (Å²) in [6.07, 6.45) is 2.26. The molecule has 2 aromatic rings. The van der Waals surface area contributed by atoms with Gasteiger partial charge in [-0.2, -0.15) is 0 Å². The molecule has 2 aromatic carbocycles. The zero-order valence-electron chi connectivity index (χ0n) is 11.5. The topological polar surface area (TPSA) is 34.1 Å². The van der Waals surface area contributed by atoms with E-state index in [2.05, 4.69) is 24.3 Å². The maximum Gasteiger partial charge on any atom is 0.148 e. The standard InChI is InChI=1S/C17H18O2S/c1-20(18,19)12-17-15-10-6-5-9-14(15)11-16(17)13-7-3-2-4-8-13/h2-10,16-17H,11-12H2,1H3. The van der Waals surface area contributed by atoms with Crippen molar-refractivity contribution >= 4 is 9.84 Å². The van der Waals surface area contributed by atoms with Crippen molar-refractivity contribution in [2.45, 2.75) is 18.3 Å². The van der Waals surface area contributed by atoms with Gasteiger partial charge in [-0.05, 0) is 29.0 Å². The number of rotatable bonds is 3. The average molecular weight is 286 g/mol. The molecule has 0 amide bonds. The minimum Gasteiger partial charge on any atom is -0.229 e. The lowest BCUT2D eigenvalue weighted by Crippen LogP contribution is -2.17. The van der Waals surface area contributed by atoms with Crippen LogP contribution in [0.3, 0.4) is 0 Å². The largest absolute Gasteiger partial charge is 0.229 e. The minimum absolute atomic E-state index is 0.0728. The molecule has 104 valence electrons. The second-order valence-electron chi connectivity index (χ2n) is 5.62. The van der Waals surface area contributed by atoms with E-state index < -0.39 is 9.84 Å². The molecule has 0 bridgehead atoms. The van der Waals surface area contributed by atoms with Gasteiger partial charge in [0.1, 0.15) is 9.84 Å². The van der Waals surface area contributed by atoms with Crippen molar-refractivity contribution < 1.29 is 8.42 Å². The van der Waals surface area contributed by atoms with E-state index >= 15 is 0 Å². The summed E-state index contributed by atoms with van der Waals surface area (Å²) in [5.74, 6) is 0.566. The Morgan fingerprint density at radius 2 is 1.65 bits per heavy atom. The summed E-state index contributed by atoms with van der Waals surface area (Å²) in [7, 11) is -2.99. The van der Waals surface area contributed by atoms with E-state index in [0.29, 0.717) is 0 Å². The van der Waals surface area contributed by atoms with Gasteiger partial charge in [-0.3, -0.25) is 0 Å². The number of benzene rings is 2. The molecule has 0 radical (unpaired) electrons. The van der Waals surface area contributed by atoms with Gasteiger partial charge < -0.3 is 0 Å². The highest BCUT2D eigenvalue weighted by molar-refractivity contribution is 7.90. The first-order valence-electron chi connectivity index (χ1n) is 6.85. The number of sulfone groups is 1. The van der Waals surface area contributed by atoms with Crippen LogP contribution < -0.4 is 0 Å². The summed E-state index contributed by atoms with van der Waals surface area (Å²) in [4.78, 5) is 0. The number of hydrogen-bond acceptors (Lipinski definition) is 2. The van der Waals surface area contributed by atoms with Crippen LogP contribution in [0.5, 0.6) is 0 Å². The highest BCUT2D eigenvalue weighted by Crippen LogP contribution is 2.44. The highest BCUT2D eigenvalue weighted by Gasteiger charge is 2.35. The first-order chi connectivity index (χ1) is 9.54. The Hall–Kier alpha value is -1.61. The normalized spacial score (nSPS) is 21.6. The van der Waals surface area contributed by atoms with Crippen molar-refractivity contribution in [3.63, 3.8) is 0 Å². The van der Waals surface area contributed by atoms with Gasteiger partial charge in [-0.15, -0.1) is 0 Å². The molecule has 0 spiro atoms. The van der Waals surface area contributed by atoms with E-state index in [4.69, 9.17) is 0 Å². The molecule has 1 aliphatic carbocycles. The SMILES string of the molecule is CS(=O)(=O)CC1c2ccccc2CC1c1ccccc1. The van der Waals surface area contributed by atoms with Crippen LogP contribution in [0.25, 0.3) is 0 Å². The molecular formula is C17H18O2S. The molecule has 2 nitrogen and oxygen atoms in total. The fraction of sp³-hybridized carbons (Fsp3) is 0.294. The molecule has 0 heterocycles. The number of hydrogen-bond donors (Lipinski definition) is 0. The molecule has 20 heavy (non-hydrogen) atoms. The van der Waals surface area contributed by atoms with E-state index in [1.54, 1.807) is 0 Å². The summed E-state index contributed by atoms with van der Waals surface area (Å²) in [6.45, 7) is 0. The Balaban J connectivity index is 2.03. The molecule has 0 fully saturated rings. The molecule has 3 rings (SSSR count). The summed E-state index contributed by atoms with van der Waals surface area (Å²) >= 11 is 0. The molecule has 0 N–H and O–H groups in total. The molecule has 0 aliphatic heterocycles. The Bertz CT molecular complexity index is 705. The zero-order valence-corrected chi connectivity index (χ0v) is 12.3. The molecule has 2 atom stereocenters. The van der Waals surface area contributed by atoms with Crippen LogP contribution in [0.1, 0.15) is 28.5 Å². The third-order valence-electron chi connectivity index (χ3n) is 4.09. The average Bonchev–Trinajstić information content (AvgIpc) is 2.77. The predicted octanol–water partition coefficient (Wildman–Crippen LogP) is 3.15. The molecule has 0 saturated heterocycles. The Morgan fingerprint density at radius 1 is 1.00 bits per heavy atom. The van der Waals surface area contributed by atoms with E-state index in [0.717, 1.165) is 6.42 Å². The second kappa shape index (κ2) is 5.06. The third kappa shape index (κ3) is 2.63. The van der Waals surface area contributed by atoms with Gasteiger partial charge in [0.2, 0.25) is 0 Å². The van der Waals surface area contributed by atoms with E-state index in [1.807, 2.05) is 30.3 Å². The monoisotopic (exact) mass is 286 g/mol. The second-order valence-corrected chi connectivity index (χ2v) is 7.80. The van der Waals surface area contributed by atoms with Crippen molar-refractivity contribution in [3.8, 4) is 0 Å².